The summed E-state index contributed by atoms with van der Waals surface area (Å²) in [5.74, 6) is 1.24. The van der Waals surface area contributed by atoms with E-state index < -0.39 is 5.41 Å². The van der Waals surface area contributed by atoms with Crippen LogP contribution in [-0.4, -0.2) is 47.4 Å². The van der Waals surface area contributed by atoms with E-state index in [1.54, 1.807) is 23.8 Å². The average molecular weight is 356 g/mol. The third kappa shape index (κ3) is 3.15. The lowest BCUT2D eigenvalue weighted by atomic mass is 9.90. The number of methoxy groups -OCH3 is 1. The molecule has 3 rings (SSSR count). The molecule has 2 saturated heterocycles. The molecule has 0 aliphatic carbocycles. The second-order valence-corrected chi connectivity index (χ2v) is 7.26. The molecule has 124 valence electrons. The summed E-state index contributed by atoms with van der Waals surface area (Å²) in [6.07, 6.45) is 0.559. The molecule has 5 nitrogen and oxygen atoms in total. The average Bonchev–Trinajstić information content (AvgIpc) is 2.59. The van der Waals surface area contributed by atoms with Crippen molar-refractivity contribution in [1.82, 2.24) is 4.90 Å². The number of esters is 1. The summed E-state index contributed by atoms with van der Waals surface area (Å²) in [4.78, 5) is 25.9. The van der Waals surface area contributed by atoms with Crippen LogP contribution in [0.15, 0.2) is 24.3 Å². The molecule has 2 atom stereocenters. The minimum atomic E-state index is -0.814. The molecule has 0 aromatic heterocycles. The van der Waals surface area contributed by atoms with Crippen molar-refractivity contribution in [2.45, 2.75) is 18.4 Å². The van der Waals surface area contributed by atoms with Crippen molar-refractivity contribution in [1.29, 1.82) is 0 Å². The van der Waals surface area contributed by atoms with Crippen molar-refractivity contribution in [3.8, 4) is 5.75 Å². The number of carbonyl (C=O) groups is 2. The predicted molar refractivity (Wildman–Crippen MR) is 88.5 cm³/mol. The summed E-state index contributed by atoms with van der Waals surface area (Å²) < 4.78 is 10.6. The Hall–Kier alpha value is -1.40. The molecular weight excluding hydrogens is 338 g/mol. The van der Waals surface area contributed by atoms with Gasteiger partial charge in [-0.2, -0.15) is 0 Å². The lowest BCUT2D eigenvalue weighted by Gasteiger charge is -2.49. The van der Waals surface area contributed by atoms with Gasteiger partial charge in [0.15, 0.2) is 0 Å². The number of amides is 1. The number of thioether (sulfide) groups is 1. The highest BCUT2D eigenvalue weighted by molar-refractivity contribution is 8.00. The number of ether oxygens (including phenoxy) is 2. The maximum absolute atomic E-state index is 12.5. The lowest BCUT2D eigenvalue weighted by Crippen LogP contribution is -2.62. The number of benzene rings is 1. The summed E-state index contributed by atoms with van der Waals surface area (Å²) >= 11 is 7.68. The van der Waals surface area contributed by atoms with Gasteiger partial charge in [-0.1, -0.05) is 12.1 Å². The highest BCUT2D eigenvalue weighted by atomic mass is 35.5. The largest absolute Gasteiger partial charge is 0.497 e. The smallest absolute Gasteiger partial charge is 0.316 e. The predicted octanol–water partition coefficient (Wildman–Crippen LogP) is 2.27. The lowest BCUT2D eigenvalue weighted by molar-refractivity contribution is -0.160. The third-order valence-electron chi connectivity index (χ3n) is 4.26. The van der Waals surface area contributed by atoms with Gasteiger partial charge in [0, 0.05) is 18.2 Å². The quantitative estimate of drug-likeness (QED) is 0.461. The van der Waals surface area contributed by atoms with Gasteiger partial charge in [0.2, 0.25) is 5.91 Å². The zero-order chi connectivity index (χ0) is 16.4. The summed E-state index contributed by atoms with van der Waals surface area (Å²) in [5, 5.41) is 0.202. The standard InChI is InChI=1S/C16H18ClNO4S/c1-21-12-4-2-11(3-5-12)7-22-15(20)16(8-17)9-18-13(19)6-14(18)23-10-16/h2-5,14H,6-10H2,1H3/t14-,16?/m1/s1. The monoisotopic (exact) mass is 355 g/mol. The summed E-state index contributed by atoms with van der Waals surface area (Å²) in [7, 11) is 1.60. The van der Waals surface area contributed by atoms with Crippen LogP contribution >= 0.6 is 23.4 Å². The van der Waals surface area contributed by atoms with E-state index in [0.717, 1.165) is 11.3 Å². The minimum absolute atomic E-state index is 0.0830. The van der Waals surface area contributed by atoms with Crippen molar-refractivity contribution in [3.63, 3.8) is 0 Å². The molecule has 2 aliphatic heterocycles. The fraction of sp³-hybridized carbons (Fsp3) is 0.500. The first-order valence-electron chi connectivity index (χ1n) is 7.35. The van der Waals surface area contributed by atoms with Gasteiger partial charge < -0.3 is 14.4 Å². The van der Waals surface area contributed by atoms with Gasteiger partial charge in [-0.25, -0.2) is 0 Å². The first-order chi connectivity index (χ1) is 11.1. The van der Waals surface area contributed by atoms with Crippen LogP contribution in [0.2, 0.25) is 0 Å². The molecule has 0 radical (unpaired) electrons. The number of rotatable bonds is 5. The van der Waals surface area contributed by atoms with E-state index in [1.165, 1.54) is 0 Å². The van der Waals surface area contributed by atoms with Crippen LogP contribution in [0.25, 0.3) is 0 Å². The van der Waals surface area contributed by atoms with E-state index in [-0.39, 0.29) is 29.7 Å². The van der Waals surface area contributed by atoms with Gasteiger partial charge in [0.25, 0.3) is 0 Å². The number of nitrogens with zero attached hydrogens (tertiary/aromatic N) is 1. The third-order valence-corrected chi connectivity index (χ3v) is 6.30. The van der Waals surface area contributed by atoms with Crippen molar-refractivity contribution < 1.29 is 19.1 Å². The van der Waals surface area contributed by atoms with E-state index in [9.17, 15) is 9.59 Å². The van der Waals surface area contributed by atoms with Gasteiger partial charge in [0.1, 0.15) is 17.8 Å². The Morgan fingerprint density at radius 1 is 1.43 bits per heavy atom. The number of hydrogen-bond acceptors (Lipinski definition) is 5. The van der Waals surface area contributed by atoms with Gasteiger partial charge in [-0.05, 0) is 17.7 Å². The fourth-order valence-corrected chi connectivity index (χ4v) is 4.53. The van der Waals surface area contributed by atoms with Crippen LogP contribution in [0.3, 0.4) is 0 Å². The molecule has 2 heterocycles. The second-order valence-electron chi connectivity index (χ2n) is 5.83. The van der Waals surface area contributed by atoms with E-state index in [4.69, 9.17) is 21.1 Å². The number of β-lactam (4-membered cyclic amide) rings is 1. The van der Waals surface area contributed by atoms with Crippen molar-refractivity contribution in [2.24, 2.45) is 5.41 Å². The molecule has 0 bridgehead atoms. The normalized spacial score (nSPS) is 26.3. The Balaban J connectivity index is 1.62. The highest BCUT2D eigenvalue weighted by Gasteiger charge is 2.52. The van der Waals surface area contributed by atoms with Gasteiger partial charge in [-0.3, -0.25) is 9.59 Å². The van der Waals surface area contributed by atoms with E-state index in [1.807, 2.05) is 24.3 Å². The maximum atomic E-state index is 12.5. The van der Waals surface area contributed by atoms with Crippen LogP contribution in [0.1, 0.15) is 12.0 Å². The first kappa shape index (κ1) is 16.5. The molecule has 1 aromatic rings. The van der Waals surface area contributed by atoms with E-state index in [0.29, 0.717) is 18.7 Å². The summed E-state index contributed by atoms with van der Waals surface area (Å²) in [6.45, 7) is 0.540. The molecular formula is C16H18ClNO4S. The summed E-state index contributed by atoms with van der Waals surface area (Å²) in [6, 6.07) is 7.34. The minimum Gasteiger partial charge on any atom is -0.497 e. The zero-order valence-electron chi connectivity index (χ0n) is 12.8. The second kappa shape index (κ2) is 6.61. The first-order valence-corrected chi connectivity index (χ1v) is 8.93. The topological polar surface area (TPSA) is 55.8 Å². The number of fused-ring (bicyclic) bond motifs is 1. The van der Waals surface area contributed by atoms with Crippen LogP contribution in [-0.2, 0) is 20.9 Å². The number of hydrogen-bond donors (Lipinski definition) is 0. The van der Waals surface area contributed by atoms with Gasteiger partial charge >= 0.3 is 5.97 Å². The Bertz CT molecular complexity index is 609. The molecule has 23 heavy (non-hydrogen) atoms. The molecule has 2 fully saturated rings. The molecule has 1 unspecified atom stereocenters. The Morgan fingerprint density at radius 3 is 2.78 bits per heavy atom. The van der Waals surface area contributed by atoms with Crippen molar-refractivity contribution in [3.05, 3.63) is 29.8 Å². The Morgan fingerprint density at radius 2 is 2.17 bits per heavy atom. The molecule has 7 heteroatoms. The van der Waals surface area contributed by atoms with Gasteiger partial charge in [-0.15, -0.1) is 23.4 Å². The number of alkyl halides is 1. The molecule has 2 aliphatic rings. The molecule has 1 amide bonds. The number of halogens is 1. The van der Waals surface area contributed by atoms with Crippen LogP contribution in [0.4, 0.5) is 0 Å². The zero-order valence-corrected chi connectivity index (χ0v) is 14.4. The van der Waals surface area contributed by atoms with Gasteiger partial charge in [0.05, 0.1) is 18.9 Å². The molecule has 0 N–H and O–H groups in total. The maximum Gasteiger partial charge on any atom is 0.316 e. The molecule has 1 aromatic carbocycles. The highest BCUT2D eigenvalue weighted by Crippen LogP contribution is 2.43. The van der Waals surface area contributed by atoms with E-state index >= 15 is 0 Å². The Kier molecular flexibility index (Phi) is 4.73. The summed E-state index contributed by atoms with van der Waals surface area (Å²) in [5.41, 5.74) is 0.0656. The SMILES string of the molecule is COc1ccc(COC(=O)C2(CCl)CS[C@@H]3CC(=O)N3C2)cc1. The van der Waals surface area contributed by atoms with Crippen molar-refractivity contribution in [2.75, 3.05) is 25.3 Å². The Labute approximate surface area is 144 Å². The van der Waals surface area contributed by atoms with Crippen LogP contribution in [0.5, 0.6) is 5.75 Å². The number of carbonyl (C=O) groups excluding carboxylic acids is 2. The molecule has 0 saturated carbocycles. The fourth-order valence-electron chi connectivity index (χ4n) is 2.67. The van der Waals surface area contributed by atoms with Crippen LogP contribution in [0, 0.1) is 5.41 Å². The van der Waals surface area contributed by atoms with E-state index in [2.05, 4.69) is 0 Å². The van der Waals surface area contributed by atoms with Crippen molar-refractivity contribution >= 4 is 35.2 Å². The molecule has 0 spiro atoms. The van der Waals surface area contributed by atoms with Crippen LogP contribution < -0.4 is 4.74 Å².